The Bertz CT molecular complexity index is 426. The molecule has 1 aromatic carbocycles. The third-order valence-electron chi connectivity index (χ3n) is 3.86. The molecular weight excluding hydrogens is 228 g/mol. The van der Waals surface area contributed by atoms with Crippen LogP contribution < -0.4 is 14.9 Å². The SMILES string of the molecule is CN(c1ccccc1C(=O)[O-])C1CC[NH+](C)CC1. The van der Waals surface area contributed by atoms with Gasteiger partial charge in [0.2, 0.25) is 0 Å². The number of quaternary nitrogens is 1. The molecule has 1 aromatic rings. The third kappa shape index (κ3) is 2.64. The number of piperidine rings is 1. The Morgan fingerprint density at radius 3 is 2.56 bits per heavy atom. The maximum absolute atomic E-state index is 11.1. The van der Waals surface area contributed by atoms with Gasteiger partial charge in [-0.2, -0.15) is 0 Å². The molecule has 0 amide bonds. The molecule has 1 N–H and O–H groups in total. The summed E-state index contributed by atoms with van der Waals surface area (Å²) in [5.74, 6) is -1.10. The number of carbonyl (C=O) groups is 1. The predicted octanol–water partition coefficient (Wildman–Crippen LogP) is -0.837. The Morgan fingerprint density at radius 2 is 1.94 bits per heavy atom. The van der Waals surface area contributed by atoms with Gasteiger partial charge in [-0.1, -0.05) is 18.2 Å². The van der Waals surface area contributed by atoms with Crippen LogP contribution in [0.3, 0.4) is 0 Å². The molecular formula is C14H20N2O2. The molecule has 1 aliphatic rings. The first kappa shape index (κ1) is 12.9. The lowest BCUT2D eigenvalue weighted by atomic mass is 10.0. The quantitative estimate of drug-likeness (QED) is 0.759. The molecule has 4 nitrogen and oxygen atoms in total. The molecule has 1 fully saturated rings. The second-order valence-electron chi connectivity index (χ2n) is 5.10. The fourth-order valence-electron chi connectivity index (χ4n) is 2.63. The number of nitrogens with one attached hydrogen (secondary N) is 1. The minimum atomic E-state index is -1.10. The van der Waals surface area contributed by atoms with Crippen LogP contribution >= 0.6 is 0 Å². The average molecular weight is 248 g/mol. The molecule has 0 unspecified atom stereocenters. The van der Waals surface area contributed by atoms with E-state index in [0.717, 1.165) is 31.6 Å². The number of anilines is 1. The van der Waals surface area contributed by atoms with Crippen molar-refractivity contribution in [1.82, 2.24) is 0 Å². The third-order valence-corrected chi connectivity index (χ3v) is 3.86. The van der Waals surface area contributed by atoms with Crippen LogP contribution in [0, 0.1) is 0 Å². The molecule has 1 aliphatic heterocycles. The van der Waals surface area contributed by atoms with Gasteiger partial charge in [-0.25, -0.2) is 0 Å². The van der Waals surface area contributed by atoms with Crippen LogP contribution in [0.15, 0.2) is 24.3 Å². The first-order chi connectivity index (χ1) is 8.59. The van der Waals surface area contributed by atoms with E-state index in [1.165, 1.54) is 0 Å². The topological polar surface area (TPSA) is 47.8 Å². The second-order valence-corrected chi connectivity index (χ2v) is 5.10. The van der Waals surface area contributed by atoms with E-state index < -0.39 is 5.97 Å². The lowest BCUT2D eigenvalue weighted by Crippen LogP contribution is -3.10. The minimum absolute atomic E-state index is 0.284. The van der Waals surface area contributed by atoms with Crippen LogP contribution in [0.5, 0.6) is 0 Å². The normalized spacial score (nSPS) is 23.7. The highest BCUT2D eigenvalue weighted by atomic mass is 16.4. The van der Waals surface area contributed by atoms with Gasteiger partial charge in [0.25, 0.3) is 0 Å². The lowest BCUT2D eigenvalue weighted by Gasteiger charge is -2.35. The van der Waals surface area contributed by atoms with Crippen LogP contribution in [0.4, 0.5) is 5.69 Å². The van der Waals surface area contributed by atoms with Gasteiger partial charge in [0.05, 0.1) is 26.1 Å². The summed E-state index contributed by atoms with van der Waals surface area (Å²) in [6, 6.07) is 7.51. The summed E-state index contributed by atoms with van der Waals surface area (Å²) in [6.07, 6.45) is 2.20. The molecule has 0 saturated carbocycles. The minimum Gasteiger partial charge on any atom is -0.545 e. The zero-order valence-corrected chi connectivity index (χ0v) is 11.0. The van der Waals surface area contributed by atoms with Gasteiger partial charge in [-0.15, -0.1) is 0 Å². The van der Waals surface area contributed by atoms with Crippen molar-refractivity contribution in [3.8, 4) is 0 Å². The molecule has 0 radical (unpaired) electrons. The molecule has 1 heterocycles. The highest BCUT2D eigenvalue weighted by Crippen LogP contribution is 2.23. The molecule has 18 heavy (non-hydrogen) atoms. The molecule has 0 aliphatic carbocycles. The average Bonchev–Trinajstić information content (AvgIpc) is 2.39. The van der Waals surface area contributed by atoms with Crippen LogP contribution in [-0.4, -0.2) is 39.2 Å². The summed E-state index contributed by atoms with van der Waals surface area (Å²) in [5, 5.41) is 11.1. The van der Waals surface area contributed by atoms with Gasteiger partial charge in [-0.05, 0) is 6.07 Å². The fourth-order valence-corrected chi connectivity index (χ4v) is 2.63. The van der Waals surface area contributed by atoms with Crippen molar-refractivity contribution < 1.29 is 14.8 Å². The predicted molar refractivity (Wildman–Crippen MR) is 68.8 cm³/mol. The van der Waals surface area contributed by atoms with Crippen LogP contribution in [0.25, 0.3) is 0 Å². The summed E-state index contributed by atoms with van der Waals surface area (Å²) in [7, 11) is 4.18. The van der Waals surface area contributed by atoms with Gasteiger partial charge in [0, 0.05) is 37.2 Å². The van der Waals surface area contributed by atoms with E-state index in [4.69, 9.17) is 0 Å². The van der Waals surface area contributed by atoms with Crippen molar-refractivity contribution >= 4 is 11.7 Å². The Kier molecular flexibility index (Phi) is 3.87. The summed E-state index contributed by atoms with van der Waals surface area (Å²) in [4.78, 5) is 14.8. The Balaban J connectivity index is 2.18. The molecule has 2 rings (SSSR count). The molecule has 0 bridgehead atoms. The summed E-state index contributed by atoms with van der Waals surface area (Å²) in [5.41, 5.74) is 1.05. The van der Waals surface area contributed by atoms with Crippen molar-refractivity contribution in [1.29, 1.82) is 0 Å². The maximum Gasteiger partial charge on any atom is 0.0788 e. The number of likely N-dealkylation sites (tertiary alicyclic amines) is 1. The Morgan fingerprint density at radius 1 is 1.33 bits per heavy atom. The lowest BCUT2D eigenvalue weighted by molar-refractivity contribution is -0.884. The zero-order valence-electron chi connectivity index (χ0n) is 11.0. The van der Waals surface area contributed by atoms with Crippen molar-refractivity contribution in [2.24, 2.45) is 0 Å². The van der Waals surface area contributed by atoms with Crippen LogP contribution in [0.1, 0.15) is 23.2 Å². The first-order valence-corrected chi connectivity index (χ1v) is 6.44. The van der Waals surface area contributed by atoms with Crippen molar-refractivity contribution in [2.45, 2.75) is 18.9 Å². The second kappa shape index (κ2) is 5.40. The van der Waals surface area contributed by atoms with Crippen molar-refractivity contribution in [3.63, 3.8) is 0 Å². The van der Waals surface area contributed by atoms with E-state index in [2.05, 4.69) is 11.9 Å². The van der Waals surface area contributed by atoms with E-state index in [-0.39, 0.29) is 5.56 Å². The maximum atomic E-state index is 11.1. The van der Waals surface area contributed by atoms with Crippen LogP contribution in [-0.2, 0) is 0 Å². The molecule has 98 valence electrons. The van der Waals surface area contributed by atoms with Crippen LogP contribution in [0.2, 0.25) is 0 Å². The van der Waals surface area contributed by atoms with Gasteiger partial charge in [0.15, 0.2) is 0 Å². The van der Waals surface area contributed by atoms with Gasteiger partial charge < -0.3 is 19.7 Å². The molecule has 4 heteroatoms. The number of para-hydroxylation sites is 1. The van der Waals surface area contributed by atoms with E-state index in [1.807, 2.05) is 19.2 Å². The standard InChI is InChI=1S/C14H20N2O2/c1-15-9-7-11(8-10-15)16(2)13-6-4-3-5-12(13)14(17)18/h3-6,11H,7-10H2,1-2H3,(H,17,18). The number of benzene rings is 1. The number of carbonyl (C=O) groups excluding carboxylic acids is 1. The van der Waals surface area contributed by atoms with Crippen molar-refractivity contribution in [2.75, 3.05) is 32.1 Å². The molecule has 1 saturated heterocycles. The van der Waals surface area contributed by atoms with Gasteiger partial charge in [0.1, 0.15) is 0 Å². The Hall–Kier alpha value is -1.55. The fraction of sp³-hybridized carbons (Fsp3) is 0.500. The number of carboxylic acid groups (broad SMARTS) is 1. The first-order valence-electron chi connectivity index (χ1n) is 6.44. The van der Waals surface area contributed by atoms with Gasteiger partial charge in [-0.3, -0.25) is 0 Å². The molecule has 0 spiro atoms. The summed E-state index contributed by atoms with van der Waals surface area (Å²) in [6.45, 7) is 2.28. The number of hydrogen-bond acceptors (Lipinski definition) is 3. The monoisotopic (exact) mass is 248 g/mol. The zero-order chi connectivity index (χ0) is 13.1. The number of nitrogens with zero attached hydrogens (tertiary/aromatic N) is 1. The number of aromatic carboxylic acids is 1. The van der Waals surface area contributed by atoms with E-state index in [0.29, 0.717) is 6.04 Å². The summed E-state index contributed by atoms with van der Waals surface area (Å²) >= 11 is 0. The van der Waals surface area contributed by atoms with E-state index >= 15 is 0 Å². The van der Waals surface area contributed by atoms with E-state index in [1.54, 1.807) is 17.0 Å². The largest absolute Gasteiger partial charge is 0.545 e. The van der Waals surface area contributed by atoms with Gasteiger partial charge >= 0.3 is 0 Å². The van der Waals surface area contributed by atoms with E-state index in [9.17, 15) is 9.90 Å². The molecule has 0 aromatic heterocycles. The number of rotatable bonds is 3. The Labute approximate surface area is 108 Å². The number of hydrogen-bond donors (Lipinski definition) is 1. The highest BCUT2D eigenvalue weighted by molar-refractivity contribution is 5.93. The smallest absolute Gasteiger partial charge is 0.0788 e. The van der Waals surface area contributed by atoms with Crippen molar-refractivity contribution in [3.05, 3.63) is 29.8 Å². The highest BCUT2D eigenvalue weighted by Gasteiger charge is 2.24. The number of carboxylic acids is 1. The molecule has 0 atom stereocenters. The summed E-state index contributed by atoms with van der Waals surface area (Å²) < 4.78 is 0.